The summed E-state index contributed by atoms with van der Waals surface area (Å²) in [6.07, 6.45) is 3.38. The van der Waals surface area contributed by atoms with E-state index in [0.717, 1.165) is 38.4 Å². The van der Waals surface area contributed by atoms with Gasteiger partial charge in [0.25, 0.3) is 5.91 Å². The van der Waals surface area contributed by atoms with Crippen molar-refractivity contribution in [3.05, 3.63) is 60.1 Å². The second-order valence-corrected chi connectivity index (χ2v) is 5.65. The van der Waals surface area contributed by atoms with E-state index in [1.54, 1.807) is 12.3 Å². The number of morpholine rings is 1. The summed E-state index contributed by atoms with van der Waals surface area (Å²) in [5.41, 5.74) is 1.48. The molecule has 1 aliphatic rings. The summed E-state index contributed by atoms with van der Waals surface area (Å²) in [5.74, 6) is 0.572. The van der Waals surface area contributed by atoms with E-state index in [1.807, 2.05) is 42.5 Å². The number of carbonyl (C=O) groups excluding carboxylic acids is 1. The molecule has 1 amide bonds. The zero-order valence-electron chi connectivity index (χ0n) is 13.6. The van der Waals surface area contributed by atoms with Crippen molar-refractivity contribution in [1.29, 1.82) is 0 Å². The molecule has 3 rings (SSSR count). The molecular formula is C19H22N2O3. The average molecular weight is 326 g/mol. The lowest BCUT2D eigenvalue weighted by atomic mass is 10.0. The Morgan fingerprint density at radius 2 is 1.92 bits per heavy atom. The van der Waals surface area contributed by atoms with Gasteiger partial charge in [-0.1, -0.05) is 30.3 Å². The highest BCUT2D eigenvalue weighted by Crippen LogP contribution is 2.18. The normalized spacial score (nSPS) is 16.1. The Bertz CT molecular complexity index is 659. The van der Waals surface area contributed by atoms with E-state index in [4.69, 9.17) is 9.15 Å². The van der Waals surface area contributed by atoms with Gasteiger partial charge in [-0.05, 0) is 23.8 Å². The van der Waals surface area contributed by atoms with Gasteiger partial charge in [0.2, 0.25) is 0 Å². The van der Waals surface area contributed by atoms with Crippen molar-refractivity contribution >= 4 is 17.6 Å². The molecule has 1 aromatic carbocycles. The number of benzene rings is 1. The number of hydrogen-bond acceptors (Lipinski definition) is 4. The predicted octanol–water partition coefficient (Wildman–Crippen LogP) is 2.27. The van der Waals surface area contributed by atoms with Gasteiger partial charge in [-0.15, -0.1) is 0 Å². The maximum Gasteiger partial charge on any atom is 0.252 e. The Morgan fingerprint density at radius 3 is 2.62 bits per heavy atom. The van der Waals surface area contributed by atoms with Gasteiger partial charge in [-0.25, -0.2) is 0 Å². The standard InChI is InChI=1S/C19H22N2O3/c22-19(20-8-9-21-10-13-23-14-11-21)18(15-17-7-4-12-24-17)16-5-2-1-3-6-16/h1-7,12,15H,8-11,13-14H2,(H,20,22)/b18-15+. The molecule has 0 atom stereocenters. The van der Waals surface area contributed by atoms with Crippen molar-refractivity contribution in [3.63, 3.8) is 0 Å². The number of rotatable bonds is 6. The van der Waals surface area contributed by atoms with Gasteiger partial charge in [0.1, 0.15) is 5.76 Å². The predicted molar refractivity (Wildman–Crippen MR) is 93.3 cm³/mol. The van der Waals surface area contributed by atoms with E-state index in [1.165, 1.54) is 0 Å². The number of nitrogens with zero attached hydrogens (tertiary/aromatic N) is 1. The van der Waals surface area contributed by atoms with Crippen LogP contribution in [-0.2, 0) is 9.53 Å². The molecule has 24 heavy (non-hydrogen) atoms. The smallest absolute Gasteiger partial charge is 0.252 e. The fourth-order valence-corrected chi connectivity index (χ4v) is 2.66. The number of furan rings is 1. The summed E-state index contributed by atoms with van der Waals surface area (Å²) in [5, 5.41) is 3.01. The highest BCUT2D eigenvalue weighted by Gasteiger charge is 2.14. The van der Waals surface area contributed by atoms with Crippen LogP contribution in [0, 0.1) is 0 Å². The molecule has 2 aromatic rings. The summed E-state index contributed by atoms with van der Waals surface area (Å²) in [6.45, 7) is 4.82. The Kier molecular flexibility index (Phi) is 5.82. The van der Waals surface area contributed by atoms with Gasteiger partial charge in [0.05, 0.1) is 25.1 Å². The summed E-state index contributed by atoms with van der Waals surface area (Å²) >= 11 is 0. The van der Waals surface area contributed by atoms with Crippen LogP contribution in [-0.4, -0.2) is 50.2 Å². The lowest BCUT2D eigenvalue weighted by molar-refractivity contribution is -0.115. The van der Waals surface area contributed by atoms with Crippen LogP contribution in [0.15, 0.2) is 53.1 Å². The molecule has 1 aromatic heterocycles. The molecule has 0 spiro atoms. The summed E-state index contributed by atoms with van der Waals surface area (Å²) in [7, 11) is 0. The van der Waals surface area contributed by atoms with E-state index in [-0.39, 0.29) is 5.91 Å². The number of hydrogen-bond donors (Lipinski definition) is 1. The van der Waals surface area contributed by atoms with Crippen LogP contribution in [0.4, 0.5) is 0 Å². The number of amides is 1. The molecule has 2 heterocycles. The Labute approximate surface area is 141 Å². The highest BCUT2D eigenvalue weighted by atomic mass is 16.5. The SMILES string of the molecule is O=C(NCCN1CCOCC1)/C(=C/c1ccco1)c1ccccc1. The first-order valence-electron chi connectivity index (χ1n) is 8.22. The number of carbonyl (C=O) groups is 1. The van der Waals surface area contributed by atoms with E-state index >= 15 is 0 Å². The van der Waals surface area contributed by atoms with Gasteiger partial charge in [0, 0.05) is 26.2 Å². The van der Waals surface area contributed by atoms with Crippen molar-refractivity contribution in [2.75, 3.05) is 39.4 Å². The molecule has 0 saturated carbocycles. The largest absolute Gasteiger partial charge is 0.465 e. The monoisotopic (exact) mass is 326 g/mol. The fourth-order valence-electron chi connectivity index (χ4n) is 2.66. The van der Waals surface area contributed by atoms with Crippen LogP contribution in [0.3, 0.4) is 0 Å². The van der Waals surface area contributed by atoms with Gasteiger partial charge in [-0.2, -0.15) is 0 Å². The summed E-state index contributed by atoms with van der Waals surface area (Å²) in [6, 6.07) is 13.3. The van der Waals surface area contributed by atoms with Crippen molar-refractivity contribution in [2.45, 2.75) is 0 Å². The second-order valence-electron chi connectivity index (χ2n) is 5.65. The molecule has 0 bridgehead atoms. The zero-order chi connectivity index (χ0) is 16.6. The first-order valence-corrected chi connectivity index (χ1v) is 8.22. The van der Waals surface area contributed by atoms with Gasteiger partial charge in [-0.3, -0.25) is 9.69 Å². The summed E-state index contributed by atoms with van der Waals surface area (Å²) in [4.78, 5) is 14.9. The molecule has 1 N–H and O–H groups in total. The molecule has 0 unspecified atom stereocenters. The molecule has 5 nitrogen and oxygen atoms in total. The first kappa shape index (κ1) is 16.5. The van der Waals surface area contributed by atoms with Crippen LogP contribution >= 0.6 is 0 Å². The lowest BCUT2D eigenvalue weighted by Crippen LogP contribution is -2.41. The minimum Gasteiger partial charge on any atom is -0.465 e. The zero-order valence-corrected chi connectivity index (χ0v) is 13.6. The molecule has 0 radical (unpaired) electrons. The maximum absolute atomic E-state index is 12.6. The molecule has 126 valence electrons. The summed E-state index contributed by atoms with van der Waals surface area (Å²) < 4.78 is 10.7. The van der Waals surface area contributed by atoms with Crippen LogP contribution in [0.1, 0.15) is 11.3 Å². The fraction of sp³-hybridized carbons (Fsp3) is 0.316. The first-order chi connectivity index (χ1) is 11.8. The minimum absolute atomic E-state index is 0.0918. The Hall–Kier alpha value is -2.37. The van der Waals surface area contributed by atoms with Crippen molar-refractivity contribution in [2.24, 2.45) is 0 Å². The number of nitrogens with one attached hydrogen (secondary N) is 1. The minimum atomic E-state index is -0.0918. The quantitative estimate of drug-likeness (QED) is 0.828. The van der Waals surface area contributed by atoms with Gasteiger partial charge >= 0.3 is 0 Å². The van der Waals surface area contributed by atoms with E-state index < -0.39 is 0 Å². The molecule has 1 aliphatic heterocycles. The third-order valence-electron chi connectivity index (χ3n) is 3.98. The maximum atomic E-state index is 12.6. The second kappa shape index (κ2) is 8.47. The average Bonchev–Trinajstić information content (AvgIpc) is 3.14. The topological polar surface area (TPSA) is 54.7 Å². The highest BCUT2D eigenvalue weighted by molar-refractivity contribution is 6.24. The van der Waals surface area contributed by atoms with Crippen LogP contribution in [0.2, 0.25) is 0 Å². The molecular weight excluding hydrogens is 304 g/mol. The van der Waals surface area contributed by atoms with Crippen molar-refractivity contribution in [3.8, 4) is 0 Å². The van der Waals surface area contributed by atoms with Crippen molar-refractivity contribution < 1.29 is 13.9 Å². The number of ether oxygens (including phenoxy) is 1. The molecule has 0 aliphatic carbocycles. The molecule has 5 heteroatoms. The third-order valence-corrected chi connectivity index (χ3v) is 3.98. The van der Waals surface area contributed by atoms with Crippen LogP contribution in [0.25, 0.3) is 11.6 Å². The van der Waals surface area contributed by atoms with E-state index in [0.29, 0.717) is 17.9 Å². The van der Waals surface area contributed by atoms with Gasteiger partial charge in [0.15, 0.2) is 0 Å². The van der Waals surface area contributed by atoms with Gasteiger partial charge < -0.3 is 14.5 Å². The van der Waals surface area contributed by atoms with Crippen molar-refractivity contribution in [1.82, 2.24) is 10.2 Å². The molecule has 1 fully saturated rings. The lowest BCUT2D eigenvalue weighted by Gasteiger charge is -2.26. The third kappa shape index (κ3) is 4.57. The van der Waals surface area contributed by atoms with Crippen LogP contribution < -0.4 is 5.32 Å². The van der Waals surface area contributed by atoms with E-state index in [9.17, 15) is 4.79 Å². The molecule has 1 saturated heterocycles. The van der Waals surface area contributed by atoms with E-state index in [2.05, 4.69) is 10.2 Å². The Morgan fingerprint density at radius 1 is 1.12 bits per heavy atom. The Balaban J connectivity index is 1.65. The van der Waals surface area contributed by atoms with Crippen LogP contribution in [0.5, 0.6) is 0 Å².